The van der Waals surface area contributed by atoms with Crippen molar-refractivity contribution in [2.45, 2.75) is 26.3 Å². The van der Waals surface area contributed by atoms with Gasteiger partial charge in [0.05, 0.1) is 6.61 Å². The number of hydrogen-bond donors (Lipinski definition) is 1. The lowest BCUT2D eigenvalue weighted by Gasteiger charge is -2.23. The largest absolute Gasteiger partial charge is 0.396 e. The maximum absolute atomic E-state index is 9.14. The summed E-state index contributed by atoms with van der Waals surface area (Å²) in [6.07, 6.45) is 1.27. The van der Waals surface area contributed by atoms with E-state index in [2.05, 4.69) is 18.7 Å². The van der Waals surface area contributed by atoms with Crippen LogP contribution in [0.2, 0.25) is 0 Å². The van der Waals surface area contributed by atoms with Crippen molar-refractivity contribution >= 4 is 0 Å². The second-order valence-electron chi connectivity index (χ2n) is 4.44. The first-order valence-electron chi connectivity index (χ1n) is 4.53. The van der Waals surface area contributed by atoms with Crippen LogP contribution in [-0.4, -0.2) is 35.7 Å². The van der Waals surface area contributed by atoms with Crippen molar-refractivity contribution in [2.75, 3.05) is 19.7 Å². The molecule has 1 aliphatic heterocycles. The van der Waals surface area contributed by atoms with E-state index in [9.17, 15) is 0 Å². The zero-order valence-corrected chi connectivity index (χ0v) is 7.38. The Balaban J connectivity index is 1.97. The highest BCUT2D eigenvalue weighted by Crippen LogP contribution is 2.57. The molecule has 1 saturated heterocycles. The van der Waals surface area contributed by atoms with Crippen molar-refractivity contribution in [2.24, 2.45) is 11.3 Å². The number of aliphatic hydroxyl groups is 1. The molecule has 0 aromatic rings. The first kappa shape index (κ1) is 7.56. The van der Waals surface area contributed by atoms with Crippen LogP contribution in [0.3, 0.4) is 0 Å². The van der Waals surface area contributed by atoms with Crippen molar-refractivity contribution in [3.63, 3.8) is 0 Å². The monoisotopic (exact) mass is 155 g/mol. The van der Waals surface area contributed by atoms with Gasteiger partial charge in [-0.2, -0.15) is 0 Å². The predicted octanol–water partition coefficient (Wildman–Crippen LogP) is 0.709. The highest BCUT2D eigenvalue weighted by Gasteiger charge is 2.59. The van der Waals surface area contributed by atoms with Crippen LogP contribution < -0.4 is 0 Å². The normalized spacial score (nSPS) is 43.1. The van der Waals surface area contributed by atoms with Crippen LogP contribution in [0.15, 0.2) is 0 Å². The zero-order chi connectivity index (χ0) is 8.06. The van der Waals surface area contributed by atoms with Crippen LogP contribution in [0.25, 0.3) is 0 Å². The van der Waals surface area contributed by atoms with E-state index in [4.69, 9.17) is 5.11 Å². The van der Waals surface area contributed by atoms with E-state index in [1.54, 1.807) is 0 Å². The fourth-order valence-corrected chi connectivity index (χ4v) is 2.27. The minimum atomic E-state index is 0.338. The molecule has 0 aromatic heterocycles. The van der Waals surface area contributed by atoms with Gasteiger partial charge in [-0.3, -0.25) is 4.90 Å². The molecule has 2 heteroatoms. The maximum Gasteiger partial charge on any atom is 0.0502 e. The molecule has 64 valence electrons. The van der Waals surface area contributed by atoms with Crippen molar-refractivity contribution in [1.82, 2.24) is 4.90 Å². The quantitative estimate of drug-likeness (QED) is 0.635. The van der Waals surface area contributed by atoms with E-state index in [0.29, 0.717) is 18.1 Å². The third-order valence-corrected chi connectivity index (χ3v) is 3.38. The van der Waals surface area contributed by atoms with Crippen LogP contribution in [0, 0.1) is 11.3 Å². The molecule has 2 fully saturated rings. The number of likely N-dealkylation sites (tertiary alicyclic amines) is 1. The summed E-state index contributed by atoms with van der Waals surface area (Å²) in [7, 11) is 0. The molecule has 0 radical (unpaired) electrons. The second kappa shape index (κ2) is 2.20. The summed E-state index contributed by atoms with van der Waals surface area (Å²) in [6, 6.07) is 0.659. The highest BCUT2D eigenvalue weighted by molar-refractivity contribution is 5.10. The summed E-state index contributed by atoms with van der Waals surface area (Å²) < 4.78 is 0. The zero-order valence-electron chi connectivity index (χ0n) is 7.38. The van der Waals surface area contributed by atoms with Crippen LogP contribution >= 0.6 is 0 Å². The van der Waals surface area contributed by atoms with Crippen molar-refractivity contribution < 1.29 is 5.11 Å². The molecule has 2 nitrogen and oxygen atoms in total. The molecule has 0 spiro atoms. The lowest BCUT2D eigenvalue weighted by molar-refractivity contribution is 0.171. The lowest BCUT2D eigenvalue weighted by Crippen LogP contribution is -2.32. The fraction of sp³-hybridized carbons (Fsp3) is 1.00. The average Bonchev–Trinajstić information content (AvgIpc) is 2.55. The van der Waals surface area contributed by atoms with Gasteiger partial charge < -0.3 is 5.11 Å². The van der Waals surface area contributed by atoms with Crippen LogP contribution in [0.1, 0.15) is 20.3 Å². The number of hydrogen-bond acceptors (Lipinski definition) is 2. The van der Waals surface area contributed by atoms with Gasteiger partial charge in [0.15, 0.2) is 0 Å². The first-order chi connectivity index (χ1) is 5.18. The summed E-state index contributed by atoms with van der Waals surface area (Å²) in [5.41, 5.74) is 0.338. The van der Waals surface area contributed by atoms with E-state index in [1.807, 2.05) is 0 Å². The van der Waals surface area contributed by atoms with E-state index >= 15 is 0 Å². The molecular weight excluding hydrogens is 138 g/mol. The molecule has 1 N–H and O–H groups in total. The number of nitrogens with zero attached hydrogens (tertiary/aromatic N) is 1. The molecule has 11 heavy (non-hydrogen) atoms. The third-order valence-electron chi connectivity index (χ3n) is 3.38. The Kier molecular flexibility index (Phi) is 1.52. The molecule has 2 atom stereocenters. The van der Waals surface area contributed by atoms with Crippen LogP contribution in [0.5, 0.6) is 0 Å². The Hall–Kier alpha value is -0.0800. The van der Waals surface area contributed by atoms with E-state index in [-0.39, 0.29) is 0 Å². The van der Waals surface area contributed by atoms with Gasteiger partial charge in [-0.25, -0.2) is 0 Å². The minimum absolute atomic E-state index is 0.338. The molecular formula is C9H17NO. The standard InChI is InChI=1S/C9H17NO/c1-7(2)10-4-8-3-9(8,5-10)6-11/h7-8,11H,3-6H2,1-2H3/t8-,9+/m0/s1. The minimum Gasteiger partial charge on any atom is -0.396 e. The van der Waals surface area contributed by atoms with Gasteiger partial charge >= 0.3 is 0 Å². The fourth-order valence-electron chi connectivity index (χ4n) is 2.27. The summed E-state index contributed by atoms with van der Waals surface area (Å²) >= 11 is 0. The molecule has 1 aliphatic carbocycles. The highest BCUT2D eigenvalue weighted by atomic mass is 16.3. The smallest absolute Gasteiger partial charge is 0.0502 e. The molecule has 0 aromatic carbocycles. The molecule has 2 rings (SSSR count). The number of aliphatic hydroxyl groups excluding tert-OH is 1. The van der Waals surface area contributed by atoms with Gasteiger partial charge in [0.25, 0.3) is 0 Å². The van der Waals surface area contributed by atoms with E-state index < -0.39 is 0 Å². The predicted molar refractivity (Wildman–Crippen MR) is 44.3 cm³/mol. The van der Waals surface area contributed by atoms with Crippen LogP contribution in [0.4, 0.5) is 0 Å². The summed E-state index contributed by atoms with van der Waals surface area (Å²) in [4.78, 5) is 2.48. The van der Waals surface area contributed by atoms with Crippen molar-refractivity contribution in [3.05, 3.63) is 0 Å². The molecule has 1 heterocycles. The van der Waals surface area contributed by atoms with Gasteiger partial charge in [0.1, 0.15) is 0 Å². The Morgan fingerprint density at radius 3 is 2.73 bits per heavy atom. The molecule has 0 amide bonds. The van der Waals surface area contributed by atoms with Crippen molar-refractivity contribution in [3.8, 4) is 0 Å². The first-order valence-corrected chi connectivity index (χ1v) is 4.53. The molecule has 0 bridgehead atoms. The topological polar surface area (TPSA) is 23.5 Å². The Morgan fingerprint density at radius 2 is 2.36 bits per heavy atom. The van der Waals surface area contributed by atoms with E-state index in [1.165, 1.54) is 13.0 Å². The number of piperidine rings is 1. The van der Waals surface area contributed by atoms with Gasteiger partial charge in [0.2, 0.25) is 0 Å². The van der Waals surface area contributed by atoms with Gasteiger partial charge in [-0.05, 0) is 26.2 Å². The SMILES string of the molecule is CC(C)N1C[C@@H]2C[C@]2(CO)C1. The second-order valence-corrected chi connectivity index (χ2v) is 4.44. The summed E-state index contributed by atoms with van der Waals surface area (Å²) in [5.74, 6) is 0.815. The lowest BCUT2D eigenvalue weighted by atomic mass is 10.1. The van der Waals surface area contributed by atoms with Crippen molar-refractivity contribution in [1.29, 1.82) is 0 Å². The molecule has 2 aliphatic rings. The average molecular weight is 155 g/mol. The Bertz CT molecular complexity index is 165. The van der Waals surface area contributed by atoms with E-state index in [0.717, 1.165) is 12.5 Å². The van der Waals surface area contributed by atoms with Gasteiger partial charge in [-0.1, -0.05) is 0 Å². The molecule has 1 saturated carbocycles. The molecule has 0 unspecified atom stereocenters. The summed E-state index contributed by atoms with van der Waals surface area (Å²) in [6.45, 7) is 7.22. The van der Waals surface area contributed by atoms with Gasteiger partial charge in [-0.15, -0.1) is 0 Å². The Morgan fingerprint density at radius 1 is 1.64 bits per heavy atom. The van der Waals surface area contributed by atoms with Gasteiger partial charge in [0, 0.05) is 24.5 Å². The third kappa shape index (κ3) is 1.00. The maximum atomic E-state index is 9.14. The Labute approximate surface area is 68.2 Å². The van der Waals surface area contributed by atoms with Crippen LogP contribution in [-0.2, 0) is 0 Å². The number of fused-ring (bicyclic) bond motifs is 1. The number of rotatable bonds is 2. The summed E-state index contributed by atoms with van der Waals surface area (Å²) in [5, 5.41) is 9.14.